The first-order valence-corrected chi connectivity index (χ1v) is 8.35. The summed E-state index contributed by atoms with van der Waals surface area (Å²) in [4.78, 5) is 9.08. The number of hydrogen-bond donors (Lipinski definition) is 1. The molecule has 0 unspecified atom stereocenters. The van der Waals surface area contributed by atoms with Gasteiger partial charge in [0.05, 0.1) is 7.11 Å². The third-order valence-electron chi connectivity index (χ3n) is 4.08. The summed E-state index contributed by atoms with van der Waals surface area (Å²) in [5.74, 6) is 2.81. The summed E-state index contributed by atoms with van der Waals surface area (Å²) >= 11 is 0. The van der Waals surface area contributed by atoms with Gasteiger partial charge in [-0.2, -0.15) is 9.50 Å². The van der Waals surface area contributed by atoms with Crippen molar-refractivity contribution in [3.8, 4) is 17.1 Å². The van der Waals surface area contributed by atoms with Crippen molar-refractivity contribution in [2.24, 2.45) is 0 Å². The van der Waals surface area contributed by atoms with Crippen LogP contribution in [0.5, 0.6) is 5.75 Å². The normalized spacial score (nSPS) is 10.9. The SMILES string of the molecule is COc1ccc(-c2nc3nc(C)cc(Nc4cccc(C)c4)n3n2)cc1. The zero-order valence-corrected chi connectivity index (χ0v) is 14.9. The second kappa shape index (κ2) is 6.48. The van der Waals surface area contributed by atoms with E-state index in [1.165, 1.54) is 5.56 Å². The molecule has 0 atom stereocenters. The van der Waals surface area contributed by atoms with Crippen molar-refractivity contribution in [2.75, 3.05) is 12.4 Å². The molecule has 0 aliphatic rings. The van der Waals surface area contributed by atoms with E-state index in [0.29, 0.717) is 11.6 Å². The molecule has 4 rings (SSSR count). The summed E-state index contributed by atoms with van der Waals surface area (Å²) < 4.78 is 6.94. The molecule has 2 heterocycles. The molecule has 26 heavy (non-hydrogen) atoms. The van der Waals surface area contributed by atoms with Gasteiger partial charge in [0.2, 0.25) is 0 Å². The highest BCUT2D eigenvalue weighted by Crippen LogP contribution is 2.23. The summed E-state index contributed by atoms with van der Waals surface area (Å²) in [7, 11) is 1.65. The maximum atomic E-state index is 5.21. The Morgan fingerprint density at radius 2 is 1.77 bits per heavy atom. The Kier molecular flexibility index (Phi) is 4.01. The van der Waals surface area contributed by atoms with E-state index in [9.17, 15) is 0 Å². The monoisotopic (exact) mass is 345 g/mol. The number of fused-ring (bicyclic) bond motifs is 1. The van der Waals surface area contributed by atoms with Crippen LogP contribution in [-0.2, 0) is 0 Å². The minimum Gasteiger partial charge on any atom is -0.497 e. The van der Waals surface area contributed by atoms with E-state index < -0.39 is 0 Å². The van der Waals surface area contributed by atoms with Gasteiger partial charge in [-0.15, -0.1) is 5.10 Å². The van der Waals surface area contributed by atoms with Crippen molar-refractivity contribution >= 4 is 17.3 Å². The molecule has 0 radical (unpaired) electrons. The van der Waals surface area contributed by atoms with Crippen molar-refractivity contribution in [3.05, 3.63) is 65.9 Å². The molecule has 0 spiro atoms. The van der Waals surface area contributed by atoms with E-state index in [0.717, 1.165) is 28.5 Å². The fraction of sp³-hybridized carbons (Fsp3) is 0.150. The molecule has 4 aromatic rings. The average molecular weight is 345 g/mol. The number of nitrogens with zero attached hydrogens (tertiary/aromatic N) is 4. The van der Waals surface area contributed by atoms with Crippen molar-refractivity contribution in [2.45, 2.75) is 13.8 Å². The highest BCUT2D eigenvalue weighted by molar-refractivity contribution is 5.63. The third kappa shape index (κ3) is 3.09. The molecule has 6 nitrogen and oxygen atoms in total. The van der Waals surface area contributed by atoms with Crippen LogP contribution < -0.4 is 10.1 Å². The van der Waals surface area contributed by atoms with E-state index >= 15 is 0 Å². The lowest BCUT2D eigenvalue weighted by Gasteiger charge is -2.09. The van der Waals surface area contributed by atoms with Crippen LogP contribution in [0.25, 0.3) is 17.2 Å². The number of benzene rings is 2. The second-order valence-corrected chi connectivity index (χ2v) is 6.15. The smallest absolute Gasteiger partial charge is 0.254 e. The number of aromatic nitrogens is 4. The maximum Gasteiger partial charge on any atom is 0.254 e. The van der Waals surface area contributed by atoms with Crippen molar-refractivity contribution < 1.29 is 4.74 Å². The molecule has 6 heteroatoms. The van der Waals surface area contributed by atoms with Crippen LogP contribution in [0.15, 0.2) is 54.6 Å². The molecule has 130 valence electrons. The number of hydrogen-bond acceptors (Lipinski definition) is 5. The van der Waals surface area contributed by atoms with Gasteiger partial charge in [0, 0.05) is 23.0 Å². The number of ether oxygens (including phenoxy) is 1. The van der Waals surface area contributed by atoms with Gasteiger partial charge in [-0.1, -0.05) is 12.1 Å². The van der Waals surface area contributed by atoms with E-state index in [-0.39, 0.29) is 0 Å². The first-order chi connectivity index (χ1) is 12.6. The fourth-order valence-electron chi connectivity index (χ4n) is 2.81. The maximum absolute atomic E-state index is 5.21. The first-order valence-electron chi connectivity index (χ1n) is 8.35. The highest BCUT2D eigenvalue weighted by Gasteiger charge is 2.12. The van der Waals surface area contributed by atoms with Crippen LogP contribution in [0.2, 0.25) is 0 Å². The molecule has 1 N–H and O–H groups in total. The van der Waals surface area contributed by atoms with E-state index in [1.54, 1.807) is 11.6 Å². The Morgan fingerprint density at radius 3 is 2.50 bits per heavy atom. The quantitative estimate of drug-likeness (QED) is 0.602. The van der Waals surface area contributed by atoms with Crippen LogP contribution in [0, 0.1) is 13.8 Å². The van der Waals surface area contributed by atoms with Crippen molar-refractivity contribution in [3.63, 3.8) is 0 Å². The molecule has 0 amide bonds. The van der Waals surface area contributed by atoms with Crippen molar-refractivity contribution in [1.82, 2.24) is 19.6 Å². The van der Waals surface area contributed by atoms with E-state index in [1.807, 2.05) is 49.4 Å². The second-order valence-electron chi connectivity index (χ2n) is 6.15. The van der Waals surface area contributed by atoms with Crippen LogP contribution in [0.1, 0.15) is 11.3 Å². The van der Waals surface area contributed by atoms with Gasteiger partial charge in [-0.05, 0) is 55.8 Å². The zero-order chi connectivity index (χ0) is 18.1. The predicted molar refractivity (Wildman–Crippen MR) is 102 cm³/mol. The molecule has 0 saturated heterocycles. The molecule has 0 aliphatic carbocycles. The fourth-order valence-corrected chi connectivity index (χ4v) is 2.81. The number of anilines is 2. The van der Waals surface area contributed by atoms with Gasteiger partial charge in [0.1, 0.15) is 11.6 Å². The standard InChI is InChI=1S/C20H19N5O/c1-13-5-4-6-16(11-13)22-18-12-14(2)21-20-23-19(24-25(18)20)15-7-9-17(26-3)10-8-15/h4-12,22H,1-3H3. The molecular weight excluding hydrogens is 326 g/mol. The van der Waals surface area contributed by atoms with Crippen LogP contribution in [0.3, 0.4) is 0 Å². The Hall–Kier alpha value is -3.41. The third-order valence-corrected chi connectivity index (χ3v) is 4.08. The lowest BCUT2D eigenvalue weighted by molar-refractivity contribution is 0.415. The average Bonchev–Trinajstić information content (AvgIpc) is 3.06. The summed E-state index contributed by atoms with van der Waals surface area (Å²) in [6.45, 7) is 4.01. The van der Waals surface area contributed by atoms with E-state index in [4.69, 9.17) is 4.74 Å². The van der Waals surface area contributed by atoms with Gasteiger partial charge in [-0.3, -0.25) is 0 Å². The minimum absolute atomic E-state index is 0.561. The molecule has 0 fully saturated rings. The summed E-state index contributed by atoms with van der Waals surface area (Å²) in [6, 6.07) is 17.8. The largest absolute Gasteiger partial charge is 0.497 e. The molecule has 0 aliphatic heterocycles. The zero-order valence-electron chi connectivity index (χ0n) is 14.9. The summed E-state index contributed by atoms with van der Waals surface area (Å²) in [6.07, 6.45) is 0. The lowest BCUT2D eigenvalue weighted by atomic mass is 10.2. The molecule has 2 aromatic heterocycles. The molecule has 0 saturated carbocycles. The Bertz CT molecular complexity index is 1070. The number of rotatable bonds is 4. The van der Waals surface area contributed by atoms with Gasteiger partial charge in [0.15, 0.2) is 5.82 Å². The predicted octanol–water partition coefficient (Wildman–Crippen LogP) is 4.16. The Labute approximate surface area is 151 Å². The Morgan fingerprint density at radius 1 is 0.962 bits per heavy atom. The van der Waals surface area contributed by atoms with Crippen molar-refractivity contribution in [1.29, 1.82) is 0 Å². The van der Waals surface area contributed by atoms with Gasteiger partial charge in [0.25, 0.3) is 5.78 Å². The van der Waals surface area contributed by atoms with Gasteiger partial charge >= 0.3 is 0 Å². The topological polar surface area (TPSA) is 64.3 Å². The van der Waals surface area contributed by atoms with Gasteiger partial charge in [-0.25, -0.2) is 4.98 Å². The number of methoxy groups -OCH3 is 1. The van der Waals surface area contributed by atoms with Crippen LogP contribution in [-0.4, -0.2) is 26.7 Å². The number of nitrogens with one attached hydrogen (secondary N) is 1. The van der Waals surface area contributed by atoms with Crippen LogP contribution in [0.4, 0.5) is 11.5 Å². The number of aryl methyl sites for hydroxylation is 2. The summed E-state index contributed by atoms with van der Waals surface area (Å²) in [5.41, 5.74) is 3.98. The van der Waals surface area contributed by atoms with Crippen LogP contribution >= 0.6 is 0 Å². The minimum atomic E-state index is 0.561. The summed E-state index contributed by atoms with van der Waals surface area (Å²) in [5, 5.41) is 8.05. The van der Waals surface area contributed by atoms with Gasteiger partial charge < -0.3 is 10.1 Å². The molecule has 2 aromatic carbocycles. The molecular formula is C20H19N5O. The van der Waals surface area contributed by atoms with E-state index in [2.05, 4.69) is 39.4 Å². The lowest BCUT2D eigenvalue weighted by Crippen LogP contribution is -2.02. The highest BCUT2D eigenvalue weighted by atomic mass is 16.5. The Balaban J connectivity index is 1.77. The first kappa shape index (κ1) is 16.1. The molecule has 0 bridgehead atoms.